The van der Waals surface area contributed by atoms with Crippen molar-refractivity contribution in [1.29, 1.82) is 0 Å². The van der Waals surface area contributed by atoms with E-state index in [4.69, 9.17) is 10.5 Å². The second-order valence-electron chi connectivity index (χ2n) is 5.22. The fourth-order valence-corrected chi connectivity index (χ4v) is 2.69. The minimum absolute atomic E-state index is 0.329. The van der Waals surface area contributed by atoms with Gasteiger partial charge < -0.3 is 10.5 Å². The van der Waals surface area contributed by atoms with Gasteiger partial charge in [0, 0.05) is 24.2 Å². The molecule has 0 amide bonds. The zero-order chi connectivity index (χ0) is 13.1. The molecular formula is C15H24N2O. The molecule has 3 nitrogen and oxygen atoms in total. The molecule has 0 aliphatic heterocycles. The van der Waals surface area contributed by atoms with E-state index < -0.39 is 0 Å². The summed E-state index contributed by atoms with van der Waals surface area (Å²) < 4.78 is 5.45. The lowest BCUT2D eigenvalue weighted by molar-refractivity contribution is 0.167. The summed E-state index contributed by atoms with van der Waals surface area (Å²) in [5.41, 5.74) is 7.17. The van der Waals surface area contributed by atoms with E-state index in [0.717, 1.165) is 18.2 Å². The van der Waals surface area contributed by atoms with E-state index in [-0.39, 0.29) is 0 Å². The van der Waals surface area contributed by atoms with Gasteiger partial charge in [0.25, 0.3) is 0 Å². The summed E-state index contributed by atoms with van der Waals surface area (Å²) in [4.78, 5) is 2.40. The van der Waals surface area contributed by atoms with Crippen molar-refractivity contribution < 1.29 is 4.74 Å². The van der Waals surface area contributed by atoms with E-state index >= 15 is 0 Å². The summed E-state index contributed by atoms with van der Waals surface area (Å²) in [6, 6.07) is 9.06. The van der Waals surface area contributed by atoms with Crippen LogP contribution in [0.5, 0.6) is 5.75 Å². The average Bonchev–Trinajstić information content (AvgIpc) is 3.23. The van der Waals surface area contributed by atoms with Gasteiger partial charge in [-0.25, -0.2) is 0 Å². The topological polar surface area (TPSA) is 38.5 Å². The highest BCUT2D eigenvalue weighted by molar-refractivity contribution is 5.35. The lowest BCUT2D eigenvalue weighted by atomic mass is 10.0. The molecule has 1 aromatic carbocycles. The van der Waals surface area contributed by atoms with Crippen LogP contribution in [0.4, 0.5) is 0 Å². The summed E-state index contributed by atoms with van der Waals surface area (Å²) in [6.45, 7) is 2.96. The molecule has 0 bridgehead atoms. The molecule has 18 heavy (non-hydrogen) atoms. The fraction of sp³-hybridized carbons (Fsp3) is 0.600. The number of likely N-dealkylation sites (N-methyl/N-ethyl adjacent to an activating group) is 1. The molecule has 0 saturated heterocycles. The Morgan fingerprint density at radius 2 is 2.06 bits per heavy atom. The number of nitrogens with zero attached hydrogens (tertiary/aromatic N) is 1. The average molecular weight is 248 g/mol. The van der Waals surface area contributed by atoms with Gasteiger partial charge in [-0.15, -0.1) is 0 Å². The van der Waals surface area contributed by atoms with Gasteiger partial charge in [-0.1, -0.05) is 18.2 Å². The van der Waals surface area contributed by atoms with Crippen molar-refractivity contribution in [2.45, 2.75) is 31.8 Å². The highest BCUT2D eigenvalue weighted by Gasteiger charge is 2.35. The third-order valence-electron chi connectivity index (χ3n) is 4.13. The Kier molecular flexibility index (Phi) is 4.25. The van der Waals surface area contributed by atoms with Crippen molar-refractivity contribution in [3.63, 3.8) is 0 Å². The molecule has 2 N–H and O–H groups in total. The summed E-state index contributed by atoms with van der Waals surface area (Å²) >= 11 is 0. The van der Waals surface area contributed by atoms with Crippen molar-refractivity contribution >= 4 is 0 Å². The minimum Gasteiger partial charge on any atom is -0.496 e. The molecule has 2 unspecified atom stereocenters. The number of hydrogen-bond donors (Lipinski definition) is 1. The van der Waals surface area contributed by atoms with Crippen LogP contribution >= 0.6 is 0 Å². The molecule has 1 fully saturated rings. The number of para-hydroxylation sites is 1. The van der Waals surface area contributed by atoms with Crippen LogP contribution in [0.2, 0.25) is 0 Å². The number of rotatable bonds is 6. The standard InChI is InChI=1S/C15H24N2O/c1-11(13-6-4-5-7-15(13)18-3)17(2)14(10-16)12-8-9-12/h4-7,11-12,14H,8-10,16H2,1-3H3. The first-order valence-corrected chi connectivity index (χ1v) is 6.74. The maximum absolute atomic E-state index is 5.93. The van der Waals surface area contributed by atoms with Gasteiger partial charge in [0.15, 0.2) is 0 Å². The maximum atomic E-state index is 5.93. The molecule has 0 radical (unpaired) electrons. The molecular weight excluding hydrogens is 224 g/mol. The summed E-state index contributed by atoms with van der Waals surface area (Å²) in [6.07, 6.45) is 2.65. The Balaban J connectivity index is 2.16. The normalized spacial score (nSPS) is 18.7. The van der Waals surface area contributed by atoms with E-state index in [9.17, 15) is 0 Å². The summed E-state index contributed by atoms with van der Waals surface area (Å²) in [7, 11) is 3.90. The van der Waals surface area contributed by atoms with E-state index in [1.807, 2.05) is 12.1 Å². The number of hydrogen-bond acceptors (Lipinski definition) is 3. The van der Waals surface area contributed by atoms with Gasteiger partial charge in [0.05, 0.1) is 7.11 Å². The molecule has 1 saturated carbocycles. The lowest BCUT2D eigenvalue weighted by Crippen LogP contribution is -2.41. The first-order valence-electron chi connectivity index (χ1n) is 6.74. The van der Waals surface area contributed by atoms with Crippen molar-refractivity contribution in [2.24, 2.45) is 11.7 Å². The molecule has 2 atom stereocenters. The molecule has 1 aromatic rings. The van der Waals surface area contributed by atoms with E-state index in [0.29, 0.717) is 12.1 Å². The Morgan fingerprint density at radius 1 is 1.39 bits per heavy atom. The predicted octanol–water partition coefficient (Wildman–Crippen LogP) is 2.43. The van der Waals surface area contributed by atoms with Crippen molar-refractivity contribution in [3.05, 3.63) is 29.8 Å². The van der Waals surface area contributed by atoms with Crippen LogP contribution in [0.3, 0.4) is 0 Å². The molecule has 0 spiro atoms. The van der Waals surface area contributed by atoms with Crippen LogP contribution in [0, 0.1) is 5.92 Å². The molecule has 3 heteroatoms. The molecule has 1 aliphatic rings. The Bertz CT molecular complexity index is 390. The molecule has 0 heterocycles. The third-order valence-corrected chi connectivity index (χ3v) is 4.13. The zero-order valence-electron chi connectivity index (χ0n) is 11.6. The maximum Gasteiger partial charge on any atom is 0.123 e. The highest BCUT2D eigenvalue weighted by atomic mass is 16.5. The van der Waals surface area contributed by atoms with Gasteiger partial charge in [-0.2, -0.15) is 0 Å². The van der Waals surface area contributed by atoms with Crippen LogP contribution in [0.15, 0.2) is 24.3 Å². The Labute approximate surface area is 110 Å². The smallest absolute Gasteiger partial charge is 0.123 e. The van der Waals surface area contributed by atoms with Gasteiger partial charge in [-0.05, 0) is 38.8 Å². The van der Waals surface area contributed by atoms with Crippen LogP contribution in [-0.4, -0.2) is 31.6 Å². The molecule has 1 aliphatic carbocycles. The van der Waals surface area contributed by atoms with Crippen molar-refractivity contribution in [1.82, 2.24) is 4.90 Å². The Morgan fingerprint density at radius 3 is 2.61 bits per heavy atom. The number of ether oxygens (including phenoxy) is 1. The SMILES string of the molecule is COc1ccccc1C(C)N(C)C(CN)C1CC1. The van der Waals surface area contributed by atoms with Gasteiger partial charge in [0.1, 0.15) is 5.75 Å². The second kappa shape index (κ2) is 5.72. The van der Waals surface area contributed by atoms with Crippen LogP contribution in [0.1, 0.15) is 31.4 Å². The van der Waals surface area contributed by atoms with Gasteiger partial charge in [-0.3, -0.25) is 4.90 Å². The molecule has 100 valence electrons. The Hall–Kier alpha value is -1.06. The zero-order valence-corrected chi connectivity index (χ0v) is 11.6. The first kappa shape index (κ1) is 13.4. The van der Waals surface area contributed by atoms with Crippen molar-refractivity contribution in [2.75, 3.05) is 20.7 Å². The third kappa shape index (κ3) is 2.68. The van der Waals surface area contributed by atoms with Gasteiger partial charge in [0.2, 0.25) is 0 Å². The van der Waals surface area contributed by atoms with E-state index in [2.05, 4.69) is 31.0 Å². The van der Waals surface area contributed by atoms with Crippen LogP contribution in [0.25, 0.3) is 0 Å². The van der Waals surface area contributed by atoms with E-state index in [1.54, 1.807) is 7.11 Å². The quantitative estimate of drug-likeness (QED) is 0.840. The molecule has 0 aromatic heterocycles. The predicted molar refractivity (Wildman–Crippen MR) is 74.7 cm³/mol. The minimum atomic E-state index is 0.329. The lowest BCUT2D eigenvalue weighted by Gasteiger charge is -2.33. The number of nitrogens with two attached hydrogens (primary N) is 1. The summed E-state index contributed by atoms with van der Waals surface area (Å²) in [5.74, 6) is 1.75. The highest BCUT2D eigenvalue weighted by Crippen LogP contribution is 2.38. The monoisotopic (exact) mass is 248 g/mol. The number of methoxy groups -OCH3 is 1. The fourth-order valence-electron chi connectivity index (χ4n) is 2.69. The number of benzene rings is 1. The summed E-state index contributed by atoms with van der Waals surface area (Å²) in [5, 5.41) is 0. The van der Waals surface area contributed by atoms with Crippen LogP contribution < -0.4 is 10.5 Å². The largest absolute Gasteiger partial charge is 0.496 e. The van der Waals surface area contributed by atoms with Crippen molar-refractivity contribution in [3.8, 4) is 5.75 Å². The van der Waals surface area contributed by atoms with Crippen LogP contribution in [-0.2, 0) is 0 Å². The second-order valence-corrected chi connectivity index (χ2v) is 5.22. The first-order chi connectivity index (χ1) is 8.69. The molecule has 2 rings (SSSR count). The van der Waals surface area contributed by atoms with Gasteiger partial charge >= 0.3 is 0 Å². The van der Waals surface area contributed by atoms with E-state index in [1.165, 1.54) is 18.4 Å².